The first kappa shape index (κ1) is 19.9. The van der Waals surface area contributed by atoms with Gasteiger partial charge in [0.2, 0.25) is 5.76 Å². The van der Waals surface area contributed by atoms with Crippen LogP contribution in [0, 0.1) is 0 Å². The second kappa shape index (κ2) is 8.16. The highest BCUT2D eigenvalue weighted by Crippen LogP contribution is 2.33. The average molecular weight is 424 g/mol. The summed E-state index contributed by atoms with van der Waals surface area (Å²) in [5, 5.41) is 11.6. The quantitative estimate of drug-likeness (QED) is 0.472. The van der Waals surface area contributed by atoms with Crippen molar-refractivity contribution in [3.63, 3.8) is 0 Å². The number of ether oxygens (including phenoxy) is 1. The highest BCUT2D eigenvalue weighted by atomic mass is 32.1. The number of fused-ring (bicyclic) bond motifs is 1. The first-order valence-corrected chi connectivity index (χ1v) is 10.4. The van der Waals surface area contributed by atoms with E-state index in [0.717, 1.165) is 17.5 Å². The molecule has 0 bridgehead atoms. The fourth-order valence-electron chi connectivity index (χ4n) is 3.38. The summed E-state index contributed by atoms with van der Waals surface area (Å²) in [5.41, 5.74) is 1.50. The molecular formula is C22H20N2O5S. The minimum absolute atomic E-state index is 0.123. The Morgan fingerprint density at radius 2 is 2.13 bits per heavy atom. The van der Waals surface area contributed by atoms with Crippen LogP contribution in [0.2, 0.25) is 0 Å². The molecule has 0 radical (unpaired) electrons. The SMILES string of the molecule is CCCc1nc2scc(-c3cccc(OC)c3)c2c(=O)n1Cc1ccc(C(=O)O)o1. The molecule has 8 heteroatoms. The molecule has 7 nitrogen and oxygen atoms in total. The summed E-state index contributed by atoms with van der Waals surface area (Å²) in [6.45, 7) is 2.14. The van der Waals surface area contributed by atoms with Crippen molar-refractivity contribution in [3.05, 3.63) is 69.5 Å². The zero-order valence-corrected chi connectivity index (χ0v) is 17.4. The minimum Gasteiger partial charge on any atom is -0.497 e. The minimum atomic E-state index is -1.14. The molecule has 4 rings (SSSR count). The molecule has 0 amide bonds. The molecule has 3 aromatic heterocycles. The summed E-state index contributed by atoms with van der Waals surface area (Å²) in [6, 6.07) is 10.5. The first-order valence-electron chi connectivity index (χ1n) is 9.49. The second-order valence-electron chi connectivity index (χ2n) is 6.80. The summed E-state index contributed by atoms with van der Waals surface area (Å²) >= 11 is 1.43. The Morgan fingerprint density at radius 3 is 2.83 bits per heavy atom. The molecular weight excluding hydrogens is 404 g/mol. The van der Waals surface area contributed by atoms with Crippen molar-refractivity contribution in [1.29, 1.82) is 0 Å². The molecule has 0 atom stereocenters. The number of carbonyl (C=O) groups is 1. The van der Waals surface area contributed by atoms with E-state index in [9.17, 15) is 9.59 Å². The van der Waals surface area contributed by atoms with Crippen LogP contribution in [0.1, 0.15) is 35.5 Å². The van der Waals surface area contributed by atoms with Crippen LogP contribution in [0.15, 0.2) is 51.0 Å². The predicted molar refractivity (Wildman–Crippen MR) is 115 cm³/mol. The third-order valence-corrected chi connectivity index (χ3v) is 5.69. The number of aromatic nitrogens is 2. The van der Waals surface area contributed by atoms with E-state index in [1.54, 1.807) is 17.7 Å². The Balaban J connectivity index is 1.87. The van der Waals surface area contributed by atoms with Gasteiger partial charge in [-0.05, 0) is 36.2 Å². The first-order chi connectivity index (χ1) is 14.5. The molecule has 1 N–H and O–H groups in total. The molecule has 4 aromatic rings. The highest BCUT2D eigenvalue weighted by Gasteiger charge is 2.19. The number of thiophene rings is 1. The Labute approximate surface area is 176 Å². The van der Waals surface area contributed by atoms with Crippen LogP contribution in [0.5, 0.6) is 5.75 Å². The maximum Gasteiger partial charge on any atom is 0.371 e. The highest BCUT2D eigenvalue weighted by molar-refractivity contribution is 7.17. The standard InChI is InChI=1S/C22H20N2O5S/c1-3-5-18-23-20-19(16(12-30-20)13-6-4-7-14(10-13)28-2)21(25)24(18)11-15-8-9-17(29-15)22(26)27/h4,6-10,12H,3,5,11H2,1-2H3,(H,26,27). The van der Waals surface area contributed by atoms with Crippen LogP contribution in [0.4, 0.5) is 0 Å². The van der Waals surface area contributed by atoms with E-state index in [-0.39, 0.29) is 17.9 Å². The number of hydrogen-bond acceptors (Lipinski definition) is 6. The zero-order valence-electron chi connectivity index (χ0n) is 16.5. The van der Waals surface area contributed by atoms with Gasteiger partial charge in [0.1, 0.15) is 22.2 Å². The van der Waals surface area contributed by atoms with E-state index < -0.39 is 5.97 Å². The largest absolute Gasteiger partial charge is 0.497 e. The van der Waals surface area contributed by atoms with Gasteiger partial charge in [-0.2, -0.15) is 0 Å². The maximum atomic E-state index is 13.5. The lowest BCUT2D eigenvalue weighted by Gasteiger charge is -2.11. The van der Waals surface area contributed by atoms with Crippen molar-refractivity contribution >= 4 is 27.5 Å². The Morgan fingerprint density at radius 1 is 1.30 bits per heavy atom. The van der Waals surface area contributed by atoms with Gasteiger partial charge in [0.25, 0.3) is 5.56 Å². The lowest BCUT2D eigenvalue weighted by atomic mass is 10.1. The van der Waals surface area contributed by atoms with Crippen molar-refractivity contribution < 1.29 is 19.1 Å². The fourth-order valence-corrected chi connectivity index (χ4v) is 4.34. The monoisotopic (exact) mass is 424 g/mol. The van der Waals surface area contributed by atoms with Crippen LogP contribution in [-0.4, -0.2) is 27.7 Å². The Kier molecular flexibility index (Phi) is 5.41. The number of carboxylic acids is 1. The van der Waals surface area contributed by atoms with Crippen LogP contribution in [-0.2, 0) is 13.0 Å². The molecule has 0 spiro atoms. The lowest BCUT2D eigenvalue weighted by molar-refractivity contribution is 0.0660. The molecule has 0 saturated carbocycles. The van der Waals surface area contributed by atoms with Gasteiger partial charge in [-0.25, -0.2) is 9.78 Å². The molecule has 30 heavy (non-hydrogen) atoms. The summed E-state index contributed by atoms with van der Waals surface area (Å²) in [7, 11) is 1.60. The van der Waals surface area contributed by atoms with Gasteiger partial charge in [0, 0.05) is 17.4 Å². The van der Waals surface area contributed by atoms with E-state index in [1.165, 1.54) is 17.4 Å². The number of methoxy groups -OCH3 is 1. The molecule has 0 unspecified atom stereocenters. The molecule has 0 aliphatic heterocycles. The van der Waals surface area contributed by atoms with Crippen molar-refractivity contribution in [1.82, 2.24) is 9.55 Å². The number of rotatable bonds is 7. The molecule has 154 valence electrons. The second-order valence-corrected chi connectivity index (χ2v) is 7.66. The topological polar surface area (TPSA) is 94.6 Å². The average Bonchev–Trinajstić information content (AvgIpc) is 3.38. The van der Waals surface area contributed by atoms with Crippen LogP contribution < -0.4 is 10.3 Å². The number of benzene rings is 1. The van der Waals surface area contributed by atoms with Crippen molar-refractivity contribution in [2.45, 2.75) is 26.3 Å². The van der Waals surface area contributed by atoms with Crippen LogP contribution in [0.25, 0.3) is 21.3 Å². The summed E-state index contributed by atoms with van der Waals surface area (Å²) in [6.07, 6.45) is 1.45. The number of aryl methyl sites for hydroxylation is 1. The van der Waals surface area contributed by atoms with Crippen molar-refractivity contribution in [2.75, 3.05) is 7.11 Å². The van der Waals surface area contributed by atoms with Crippen LogP contribution in [0.3, 0.4) is 0 Å². The molecule has 0 saturated heterocycles. The van der Waals surface area contributed by atoms with Crippen molar-refractivity contribution in [2.24, 2.45) is 0 Å². The lowest BCUT2D eigenvalue weighted by Crippen LogP contribution is -2.25. The summed E-state index contributed by atoms with van der Waals surface area (Å²) in [4.78, 5) is 30.1. The van der Waals surface area contributed by atoms with Gasteiger partial charge in [-0.1, -0.05) is 19.1 Å². The van der Waals surface area contributed by atoms with Gasteiger partial charge in [-0.3, -0.25) is 9.36 Å². The molecule has 0 aliphatic carbocycles. The normalized spacial score (nSPS) is 11.1. The van der Waals surface area contributed by atoms with E-state index >= 15 is 0 Å². The van der Waals surface area contributed by atoms with Gasteiger partial charge in [0.05, 0.1) is 19.0 Å². The van der Waals surface area contributed by atoms with Gasteiger partial charge in [0.15, 0.2) is 0 Å². The van der Waals surface area contributed by atoms with E-state index in [4.69, 9.17) is 19.2 Å². The van der Waals surface area contributed by atoms with E-state index in [1.807, 2.05) is 36.6 Å². The van der Waals surface area contributed by atoms with Gasteiger partial charge < -0.3 is 14.3 Å². The third kappa shape index (κ3) is 3.61. The summed E-state index contributed by atoms with van der Waals surface area (Å²) < 4.78 is 12.3. The van der Waals surface area contributed by atoms with Crippen molar-refractivity contribution in [3.8, 4) is 16.9 Å². The van der Waals surface area contributed by atoms with E-state index in [2.05, 4.69) is 0 Å². The predicted octanol–water partition coefficient (Wildman–Crippen LogP) is 4.43. The van der Waals surface area contributed by atoms with Gasteiger partial charge in [-0.15, -0.1) is 11.3 Å². The number of carboxylic acid groups (broad SMARTS) is 1. The molecule has 0 aliphatic rings. The third-order valence-electron chi connectivity index (χ3n) is 4.81. The smallest absolute Gasteiger partial charge is 0.371 e. The maximum absolute atomic E-state index is 13.5. The van der Waals surface area contributed by atoms with Gasteiger partial charge >= 0.3 is 5.97 Å². The van der Waals surface area contributed by atoms with E-state index in [0.29, 0.717) is 34.0 Å². The Bertz CT molecular complexity index is 1280. The Hall–Kier alpha value is -3.39. The summed E-state index contributed by atoms with van der Waals surface area (Å²) in [5.74, 6) is 0.457. The number of furan rings is 1. The fraction of sp³-hybridized carbons (Fsp3) is 0.227. The number of hydrogen-bond donors (Lipinski definition) is 1. The number of nitrogens with zero attached hydrogens (tertiary/aromatic N) is 2. The molecule has 0 fully saturated rings. The number of aromatic carboxylic acids is 1. The van der Waals surface area contributed by atoms with Crippen LogP contribution >= 0.6 is 11.3 Å². The molecule has 3 heterocycles. The zero-order chi connectivity index (χ0) is 21.3. The molecule has 1 aromatic carbocycles.